The van der Waals surface area contributed by atoms with Gasteiger partial charge in [-0.1, -0.05) is 65.0 Å². The van der Waals surface area contributed by atoms with Crippen molar-refractivity contribution in [2.75, 3.05) is 19.8 Å². The summed E-state index contributed by atoms with van der Waals surface area (Å²) in [4.78, 5) is 13.9. The second-order valence-corrected chi connectivity index (χ2v) is 18.1. The van der Waals surface area contributed by atoms with Gasteiger partial charge in [-0.05, 0) is 42.0 Å². The fraction of sp³-hybridized carbons (Fsp3) is 0.750. The van der Waals surface area contributed by atoms with Gasteiger partial charge in [0.2, 0.25) is 5.91 Å². The van der Waals surface area contributed by atoms with Crippen LogP contribution in [0.4, 0.5) is 0 Å². The zero-order valence-corrected chi connectivity index (χ0v) is 23.6. The van der Waals surface area contributed by atoms with Crippen molar-refractivity contribution in [3.8, 4) is 0 Å². The summed E-state index contributed by atoms with van der Waals surface area (Å²) in [6, 6.07) is 9.25. The van der Waals surface area contributed by atoms with Crippen LogP contribution in [0.15, 0.2) is 30.3 Å². The third kappa shape index (κ3) is 5.54. The zero-order chi connectivity index (χ0) is 25.6. The molecule has 4 rings (SSSR count). The molecule has 3 aliphatic rings. The van der Waals surface area contributed by atoms with E-state index in [1.165, 1.54) is 0 Å². The molecule has 5 atom stereocenters. The van der Waals surface area contributed by atoms with Crippen LogP contribution in [0.5, 0.6) is 0 Å². The van der Waals surface area contributed by atoms with Crippen molar-refractivity contribution >= 4 is 14.2 Å². The van der Waals surface area contributed by atoms with Gasteiger partial charge in [0.05, 0.1) is 37.9 Å². The summed E-state index contributed by atoms with van der Waals surface area (Å²) in [5, 5.41) is 13.3. The molecule has 2 saturated carbocycles. The van der Waals surface area contributed by atoms with Gasteiger partial charge in [0, 0.05) is 18.3 Å². The normalized spacial score (nSPS) is 30.7. The quantitative estimate of drug-likeness (QED) is 0.532. The van der Waals surface area contributed by atoms with Gasteiger partial charge in [0.15, 0.2) is 14.1 Å². The molecule has 0 radical (unpaired) electrons. The minimum absolute atomic E-state index is 0.0116. The Labute approximate surface area is 212 Å². The number of nitrogens with one attached hydrogen (secondary N) is 1. The van der Waals surface area contributed by atoms with Crippen LogP contribution < -0.4 is 5.32 Å². The molecule has 3 fully saturated rings. The van der Waals surface area contributed by atoms with E-state index in [1.54, 1.807) is 0 Å². The van der Waals surface area contributed by atoms with Crippen molar-refractivity contribution in [1.82, 2.24) is 5.32 Å². The van der Waals surface area contributed by atoms with Crippen molar-refractivity contribution in [2.24, 2.45) is 23.2 Å². The molecular weight excluding hydrogens is 458 g/mol. The molecule has 1 aromatic carbocycles. The smallest absolute Gasteiger partial charge is 0.226 e. The lowest BCUT2D eigenvalue weighted by Gasteiger charge is -2.43. The number of amides is 1. The lowest BCUT2D eigenvalue weighted by Crippen LogP contribution is -2.50. The van der Waals surface area contributed by atoms with E-state index >= 15 is 0 Å². The van der Waals surface area contributed by atoms with Crippen LogP contribution in [0.25, 0.3) is 0 Å². The molecule has 1 heterocycles. The first-order valence-electron chi connectivity index (χ1n) is 13.2. The highest BCUT2D eigenvalue weighted by molar-refractivity contribution is 6.74. The minimum atomic E-state index is -2.08. The summed E-state index contributed by atoms with van der Waals surface area (Å²) in [6.45, 7) is 16.8. The lowest BCUT2D eigenvalue weighted by atomic mass is 9.89. The third-order valence-electron chi connectivity index (χ3n) is 8.83. The summed E-state index contributed by atoms with van der Waals surface area (Å²) in [7, 11) is -2.08. The van der Waals surface area contributed by atoms with Crippen molar-refractivity contribution in [3.63, 3.8) is 0 Å². The number of aliphatic hydroxyl groups excluding tert-OH is 1. The highest BCUT2D eigenvalue weighted by atomic mass is 28.4. The fourth-order valence-corrected chi connectivity index (χ4v) is 7.11. The van der Waals surface area contributed by atoms with Gasteiger partial charge in [-0.15, -0.1) is 0 Å². The predicted octanol–water partition coefficient (Wildman–Crippen LogP) is 5.04. The molecule has 0 aromatic heterocycles. The molecule has 0 unspecified atom stereocenters. The van der Waals surface area contributed by atoms with E-state index in [0.717, 1.165) is 24.8 Å². The standard InChI is InChI=1S/C28H45NO5Si/c1-26(2,3)35(6,7)34-23-13-20-14-28(32-17-27(4,5)18-33-28)15-21(20)24(23)25(31)29-22(16-30)19-11-9-8-10-12-19/h8-12,20-24,30H,13-18H2,1-7H3,(H,29,31)/t20-,21+,22-,23+,24-/m0/s1. The first-order valence-corrected chi connectivity index (χ1v) is 16.1. The Morgan fingerprint density at radius 1 is 1.17 bits per heavy atom. The van der Waals surface area contributed by atoms with Crippen molar-refractivity contribution < 1.29 is 23.8 Å². The summed E-state index contributed by atoms with van der Waals surface area (Å²) >= 11 is 0. The summed E-state index contributed by atoms with van der Waals surface area (Å²) in [6.07, 6.45) is 2.26. The number of hydrogen-bond donors (Lipinski definition) is 2. The first kappa shape index (κ1) is 26.8. The maximum absolute atomic E-state index is 13.9. The molecule has 0 bridgehead atoms. The molecular formula is C28H45NO5Si. The molecule has 35 heavy (non-hydrogen) atoms. The average Bonchev–Trinajstić information content (AvgIpc) is 3.27. The summed E-state index contributed by atoms with van der Waals surface area (Å²) in [5.74, 6) is -0.431. The number of carbonyl (C=O) groups excluding carboxylic acids is 1. The van der Waals surface area contributed by atoms with Crippen molar-refractivity contribution in [1.29, 1.82) is 0 Å². The van der Waals surface area contributed by atoms with Crippen LogP contribution in [0, 0.1) is 23.2 Å². The second-order valence-electron chi connectivity index (χ2n) is 13.3. The number of fused-ring (bicyclic) bond motifs is 1. The molecule has 2 aliphatic carbocycles. The number of ether oxygens (including phenoxy) is 2. The van der Waals surface area contributed by atoms with Gasteiger partial charge in [0.1, 0.15) is 0 Å². The van der Waals surface area contributed by atoms with E-state index in [9.17, 15) is 9.90 Å². The highest BCUT2D eigenvalue weighted by Gasteiger charge is 2.60. The predicted molar refractivity (Wildman–Crippen MR) is 139 cm³/mol. The maximum Gasteiger partial charge on any atom is 0.226 e. The number of benzene rings is 1. The molecule has 1 aliphatic heterocycles. The number of carbonyl (C=O) groups is 1. The topological polar surface area (TPSA) is 77.0 Å². The van der Waals surface area contributed by atoms with Gasteiger partial charge in [-0.25, -0.2) is 0 Å². The van der Waals surface area contributed by atoms with Gasteiger partial charge in [-0.2, -0.15) is 0 Å². The van der Waals surface area contributed by atoms with E-state index < -0.39 is 20.1 Å². The fourth-order valence-electron chi connectivity index (χ4n) is 5.76. The number of aliphatic hydroxyl groups is 1. The molecule has 196 valence electrons. The molecule has 7 heteroatoms. The Bertz CT molecular complexity index is 886. The molecule has 6 nitrogen and oxygen atoms in total. The Balaban J connectivity index is 1.57. The Morgan fingerprint density at radius 3 is 2.37 bits per heavy atom. The van der Waals surface area contributed by atoms with Crippen LogP contribution in [-0.2, 0) is 18.7 Å². The van der Waals surface area contributed by atoms with Crippen LogP contribution in [0.2, 0.25) is 18.1 Å². The van der Waals surface area contributed by atoms with Crippen LogP contribution in [0.3, 0.4) is 0 Å². The minimum Gasteiger partial charge on any atom is -0.413 e. The monoisotopic (exact) mass is 503 g/mol. The van der Waals surface area contributed by atoms with Crippen molar-refractivity contribution in [2.45, 2.75) is 89.9 Å². The Morgan fingerprint density at radius 2 is 1.80 bits per heavy atom. The molecule has 1 aromatic rings. The molecule has 1 saturated heterocycles. The SMILES string of the molecule is CC1(C)COC2(C[C@@H]3C[C@@H](O[Si](C)(C)C(C)(C)C)[C@@H](C(=O)N[C@@H](CO)c4ccccc4)[C@@H]3C2)OC1. The van der Waals surface area contributed by atoms with E-state index in [-0.39, 0.29) is 40.9 Å². The van der Waals surface area contributed by atoms with Gasteiger partial charge in [0.25, 0.3) is 0 Å². The highest BCUT2D eigenvalue weighted by Crippen LogP contribution is 2.56. The third-order valence-corrected chi connectivity index (χ3v) is 13.3. The largest absolute Gasteiger partial charge is 0.413 e. The molecule has 2 N–H and O–H groups in total. The zero-order valence-electron chi connectivity index (χ0n) is 22.6. The maximum atomic E-state index is 13.9. The van der Waals surface area contributed by atoms with Crippen LogP contribution in [0.1, 0.15) is 65.5 Å². The first-order chi connectivity index (χ1) is 16.3. The molecule has 1 amide bonds. The number of rotatable bonds is 6. The molecule has 1 spiro atoms. The van der Waals surface area contributed by atoms with E-state index in [4.69, 9.17) is 13.9 Å². The van der Waals surface area contributed by atoms with Crippen LogP contribution >= 0.6 is 0 Å². The van der Waals surface area contributed by atoms with E-state index in [2.05, 4.69) is 53.0 Å². The van der Waals surface area contributed by atoms with Crippen molar-refractivity contribution in [3.05, 3.63) is 35.9 Å². The summed E-state index contributed by atoms with van der Waals surface area (Å²) in [5.41, 5.74) is 0.918. The van der Waals surface area contributed by atoms with Gasteiger partial charge in [-0.3, -0.25) is 4.79 Å². The Hall–Kier alpha value is -1.25. The second kappa shape index (κ2) is 9.56. The lowest BCUT2D eigenvalue weighted by molar-refractivity contribution is -0.298. The van der Waals surface area contributed by atoms with Crippen LogP contribution in [-0.4, -0.2) is 51.0 Å². The van der Waals surface area contributed by atoms with E-state index in [0.29, 0.717) is 19.1 Å². The van der Waals surface area contributed by atoms with E-state index in [1.807, 2.05) is 30.3 Å². The Kier molecular flexibility index (Phi) is 7.32. The average molecular weight is 504 g/mol. The summed E-state index contributed by atoms with van der Waals surface area (Å²) < 4.78 is 19.6. The number of hydrogen-bond acceptors (Lipinski definition) is 5. The van der Waals surface area contributed by atoms with Gasteiger partial charge < -0.3 is 24.3 Å². The van der Waals surface area contributed by atoms with Gasteiger partial charge >= 0.3 is 0 Å².